The Morgan fingerprint density at radius 3 is 2.76 bits per heavy atom. The molecule has 1 aromatic heterocycles. The molecule has 96 valence electrons. The van der Waals surface area contributed by atoms with Gasteiger partial charge < -0.3 is 15.0 Å². The predicted octanol–water partition coefficient (Wildman–Crippen LogP) is 0.845. The SMILES string of the molecule is COC(C)Cc1nc(CNC(C)C)cc(=O)[nH]1. The van der Waals surface area contributed by atoms with E-state index in [0.29, 0.717) is 24.8 Å². The topological polar surface area (TPSA) is 67.0 Å². The fraction of sp³-hybridized carbons (Fsp3) is 0.667. The van der Waals surface area contributed by atoms with Gasteiger partial charge in [-0.05, 0) is 6.92 Å². The van der Waals surface area contributed by atoms with Crippen molar-refractivity contribution in [2.75, 3.05) is 7.11 Å². The quantitative estimate of drug-likeness (QED) is 0.772. The Labute approximate surface area is 102 Å². The Hall–Kier alpha value is -1.20. The van der Waals surface area contributed by atoms with Crippen LogP contribution in [-0.4, -0.2) is 29.2 Å². The highest BCUT2D eigenvalue weighted by Gasteiger charge is 2.06. The van der Waals surface area contributed by atoms with Gasteiger partial charge in [-0.15, -0.1) is 0 Å². The molecule has 0 radical (unpaired) electrons. The summed E-state index contributed by atoms with van der Waals surface area (Å²) < 4.78 is 5.15. The Morgan fingerprint density at radius 1 is 1.47 bits per heavy atom. The summed E-state index contributed by atoms with van der Waals surface area (Å²) in [6, 6.07) is 1.90. The number of hydrogen-bond acceptors (Lipinski definition) is 4. The van der Waals surface area contributed by atoms with Crippen LogP contribution in [-0.2, 0) is 17.7 Å². The minimum atomic E-state index is -0.112. The molecule has 0 aliphatic heterocycles. The summed E-state index contributed by atoms with van der Waals surface area (Å²) >= 11 is 0. The van der Waals surface area contributed by atoms with Crippen LogP contribution in [0.4, 0.5) is 0 Å². The Bertz CT molecular complexity index is 401. The Morgan fingerprint density at radius 2 is 2.18 bits per heavy atom. The van der Waals surface area contributed by atoms with Gasteiger partial charge in [-0.3, -0.25) is 4.79 Å². The number of nitrogens with one attached hydrogen (secondary N) is 2. The predicted molar refractivity (Wildman–Crippen MR) is 67.0 cm³/mol. The number of aromatic amines is 1. The standard InChI is InChI=1S/C12H21N3O2/c1-8(2)13-7-10-6-12(16)15-11(14-10)5-9(3)17-4/h6,8-9,13H,5,7H2,1-4H3,(H,14,15,16). The van der Waals surface area contributed by atoms with Gasteiger partial charge >= 0.3 is 0 Å². The zero-order chi connectivity index (χ0) is 12.8. The monoisotopic (exact) mass is 239 g/mol. The minimum absolute atomic E-state index is 0.0476. The van der Waals surface area contributed by atoms with E-state index < -0.39 is 0 Å². The summed E-state index contributed by atoms with van der Waals surface area (Å²) in [6.45, 7) is 6.66. The lowest BCUT2D eigenvalue weighted by Gasteiger charge is -2.10. The van der Waals surface area contributed by atoms with Crippen LogP contribution in [0.25, 0.3) is 0 Å². The number of hydrogen-bond donors (Lipinski definition) is 2. The van der Waals surface area contributed by atoms with Gasteiger partial charge in [0.05, 0.1) is 11.8 Å². The summed E-state index contributed by atoms with van der Waals surface area (Å²) in [6.07, 6.45) is 0.660. The lowest BCUT2D eigenvalue weighted by Crippen LogP contribution is -2.25. The molecule has 5 nitrogen and oxygen atoms in total. The fourth-order valence-corrected chi connectivity index (χ4v) is 1.41. The molecule has 0 aromatic carbocycles. The second kappa shape index (κ2) is 6.51. The molecule has 2 N–H and O–H groups in total. The number of rotatable bonds is 6. The number of nitrogens with zero attached hydrogens (tertiary/aromatic N) is 1. The molecule has 0 saturated heterocycles. The van der Waals surface area contributed by atoms with E-state index in [4.69, 9.17) is 4.74 Å². The van der Waals surface area contributed by atoms with Gasteiger partial charge in [-0.1, -0.05) is 13.8 Å². The number of ether oxygens (including phenoxy) is 1. The largest absolute Gasteiger partial charge is 0.381 e. The Kier molecular flexibility index (Phi) is 5.31. The highest BCUT2D eigenvalue weighted by Crippen LogP contribution is 1.99. The van der Waals surface area contributed by atoms with Gasteiger partial charge in [0.2, 0.25) is 0 Å². The van der Waals surface area contributed by atoms with Crippen molar-refractivity contribution in [1.82, 2.24) is 15.3 Å². The number of aromatic nitrogens is 2. The second-order valence-corrected chi connectivity index (χ2v) is 4.47. The minimum Gasteiger partial charge on any atom is -0.381 e. The summed E-state index contributed by atoms with van der Waals surface area (Å²) in [5, 5.41) is 3.24. The van der Waals surface area contributed by atoms with Crippen LogP contribution in [0, 0.1) is 0 Å². The summed E-state index contributed by atoms with van der Waals surface area (Å²) in [4.78, 5) is 18.6. The normalized spacial score (nSPS) is 13.0. The molecule has 0 saturated carbocycles. The maximum Gasteiger partial charge on any atom is 0.251 e. The van der Waals surface area contributed by atoms with Crippen molar-refractivity contribution in [1.29, 1.82) is 0 Å². The van der Waals surface area contributed by atoms with Crippen molar-refractivity contribution in [2.45, 2.75) is 45.9 Å². The Balaban J connectivity index is 2.75. The first-order chi connectivity index (χ1) is 8.01. The molecule has 17 heavy (non-hydrogen) atoms. The molecular weight excluding hydrogens is 218 g/mol. The average Bonchev–Trinajstić information content (AvgIpc) is 2.25. The number of methoxy groups -OCH3 is 1. The first-order valence-corrected chi connectivity index (χ1v) is 5.86. The highest BCUT2D eigenvalue weighted by atomic mass is 16.5. The smallest absolute Gasteiger partial charge is 0.251 e. The molecule has 0 aliphatic carbocycles. The van der Waals surface area contributed by atoms with E-state index in [2.05, 4.69) is 29.1 Å². The zero-order valence-corrected chi connectivity index (χ0v) is 10.9. The fourth-order valence-electron chi connectivity index (χ4n) is 1.41. The van der Waals surface area contributed by atoms with Crippen molar-refractivity contribution in [3.8, 4) is 0 Å². The molecule has 0 amide bonds. The molecule has 1 rings (SSSR count). The molecule has 1 atom stereocenters. The molecule has 5 heteroatoms. The molecular formula is C12H21N3O2. The van der Waals surface area contributed by atoms with Crippen LogP contribution in [0.2, 0.25) is 0 Å². The van der Waals surface area contributed by atoms with Crippen molar-refractivity contribution < 1.29 is 4.74 Å². The molecule has 1 aromatic rings. The molecule has 1 heterocycles. The van der Waals surface area contributed by atoms with Crippen LogP contribution in [0.1, 0.15) is 32.3 Å². The first kappa shape index (κ1) is 13.9. The van der Waals surface area contributed by atoms with Crippen molar-refractivity contribution in [2.24, 2.45) is 0 Å². The van der Waals surface area contributed by atoms with Crippen LogP contribution in [0.15, 0.2) is 10.9 Å². The van der Waals surface area contributed by atoms with Crippen molar-refractivity contribution in [3.63, 3.8) is 0 Å². The van der Waals surface area contributed by atoms with Crippen molar-refractivity contribution in [3.05, 3.63) is 27.9 Å². The molecule has 0 spiro atoms. The van der Waals surface area contributed by atoms with Gasteiger partial charge in [0.25, 0.3) is 5.56 Å². The van der Waals surface area contributed by atoms with Crippen LogP contribution in [0.5, 0.6) is 0 Å². The third kappa shape index (κ3) is 5.10. The van der Waals surface area contributed by atoms with Crippen LogP contribution in [0.3, 0.4) is 0 Å². The number of H-pyrrole nitrogens is 1. The van der Waals surface area contributed by atoms with E-state index in [0.717, 1.165) is 5.69 Å². The zero-order valence-electron chi connectivity index (χ0n) is 10.9. The van der Waals surface area contributed by atoms with Gasteiger partial charge in [-0.25, -0.2) is 4.98 Å². The van der Waals surface area contributed by atoms with E-state index in [9.17, 15) is 4.79 Å². The summed E-state index contributed by atoms with van der Waals surface area (Å²) in [7, 11) is 1.65. The van der Waals surface area contributed by atoms with Gasteiger partial charge in [0.15, 0.2) is 0 Å². The van der Waals surface area contributed by atoms with E-state index in [-0.39, 0.29) is 11.7 Å². The molecule has 0 fully saturated rings. The second-order valence-electron chi connectivity index (χ2n) is 4.47. The highest BCUT2D eigenvalue weighted by molar-refractivity contribution is 5.03. The third-order valence-corrected chi connectivity index (χ3v) is 2.42. The van der Waals surface area contributed by atoms with Crippen molar-refractivity contribution >= 4 is 0 Å². The van der Waals surface area contributed by atoms with E-state index in [1.165, 1.54) is 6.07 Å². The lowest BCUT2D eigenvalue weighted by molar-refractivity contribution is 0.117. The third-order valence-electron chi connectivity index (χ3n) is 2.42. The first-order valence-electron chi connectivity index (χ1n) is 5.86. The van der Waals surface area contributed by atoms with Crippen LogP contribution < -0.4 is 10.9 Å². The van der Waals surface area contributed by atoms with E-state index in [1.807, 2.05) is 6.92 Å². The molecule has 0 aliphatic rings. The van der Waals surface area contributed by atoms with Gasteiger partial charge in [-0.2, -0.15) is 0 Å². The van der Waals surface area contributed by atoms with Crippen LogP contribution >= 0.6 is 0 Å². The maximum absolute atomic E-state index is 11.5. The van der Waals surface area contributed by atoms with Gasteiger partial charge in [0, 0.05) is 32.2 Å². The molecule has 1 unspecified atom stereocenters. The summed E-state index contributed by atoms with van der Waals surface area (Å²) in [5.41, 5.74) is 0.652. The lowest BCUT2D eigenvalue weighted by atomic mass is 10.2. The van der Waals surface area contributed by atoms with E-state index >= 15 is 0 Å². The van der Waals surface area contributed by atoms with E-state index in [1.54, 1.807) is 7.11 Å². The summed E-state index contributed by atoms with van der Waals surface area (Å²) in [5.74, 6) is 0.674. The average molecular weight is 239 g/mol. The van der Waals surface area contributed by atoms with Gasteiger partial charge in [0.1, 0.15) is 5.82 Å². The molecule has 0 bridgehead atoms. The maximum atomic E-state index is 11.5.